The Labute approximate surface area is 208 Å². The second-order valence-electron chi connectivity index (χ2n) is 8.48. The maximum absolute atomic E-state index is 13.0. The number of nitrogens with two attached hydrogens (primary N) is 1. The Hall–Kier alpha value is -3.30. The molecule has 0 aliphatic carbocycles. The van der Waals surface area contributed by atoms with Crippen LogP contribution in [0, 0.1) is 5.92 Å². The summed E-state index contributed by atoms with van der Waals surface area (Å²) in [7, 11) is 0. The molecule has 0 aromatic carbocycles. The molecule has 15 heteroatoms. The number of carbonyl (C=O) groups is 6. The second kappa shape index (κ2) is 15.0. The van der Waals surface area contributed by atoms with Crippen LogP contribution >= 0.6 is 0 Å². The Kier molecular flexibility index (Phi) is 12.8. The van der Waals surface area contributed by atoms with E-state index in [-0.39, 0.29) is 12.5 Å². The fourth-order valence-electron chi connectivity index (χ4n) is 3.48. The summed E-state index contributed by atoms with van der Waals surface area (Å²) in [6, 6.07) is -4.60. The van der Waals surface area contributed by atoms with Crippen LogP contribution in [-0.4, -0.2) is 113 Å². The van der Waals surface area contributed by atoms with Gasteiger partial charge >= 0.3 is 5.97 Å². The Bertz CT molecular complexity index is 824. The van der Waals surface area contributed by atoms with E-state index in [1.807, 2.05) is 0 Å². The van der Waals surface area contributed by atoms with Gasteiger partial charge in [0.05, 0.1) is 26.3 Å². The molecule has 36 heavy (non-hydrogen) atoms. The molecule has 0 spiro atoms. The van der Waals surface area contributed by atoms with E-state index in [1.54, 1.807) is 13.8 Å². The zero-order chi connectivity index (χ0) is 27.4. The molecule has 0 unspecified atom stereocenters. The highest BCUT2D eigenvalue weighted by Gasteiger charge is 2.37. The summed E-state index contributed by atoms with van der Waals surface area (Å²) < 4.78 is 0. The lowest BCUT2D eigenvalue weighted by molar-refractivity contribution is -0.143. The minimum absolute atomic E-state index is 0.273. The van der Waals surface area contributed by atoms with Gasteiger partial charge in [0.2, 0.25) is 29.5 Å². The number of amides is 5. The average Bonchev–Trinajstić information content (AvgIpc) is 3.36. The number of rotatable bonds is 14. The zero-order valence-electron chi connectivity index (χ0n) is 20.4. The molecule has 0 aromatic heterocycles. The van der Waals surface area contributed by atoms with E-state index in [0.29, 0.717) is 19.3 Å². The standard InChI is InChI=1S/C21H36N6O9/c1-3-11(2)17(20(34)23-7-15(30)25-13(10-29)21(35)36)26-19(33)14-5-4-6-27(14)16(31)8-24-18(32)12(22)9-28/h11-14,17,28-29H,3-10,22H2,1-2H3,(H,23,34)(H,24,32)(H,25,30)(H,26,33)(H,35,36)/t11-,12-,13-,14-,17-/m0/s1. The van der Waals surface area contributed by atoms with Gasteiger partial charge in [-0.25, -0.2) is 4.79 Å². The first-order valence-corrected chi connectivity index (χ1v) is 11.6. The lowest BCUT2D eigenvalue weighted by Crippen LogP contribution is -2.57. The predicted molar refractivity (Wildman–Crippen MR) is 124 cm³/mol. The van der Waals surface area contributed by atoms with Crippen molar-refractivity contribution >= 4 is 35.5 Å². The van der Waals surface area contributed by atoms with Gasteiger partial charge in [-0.3, -0.25) is 24.0 Å². The highest BCUT2D eigenvalue weighted by Crippen LogP contribution is 2.18. The fourth-order valence-corrected chi connectivity index (χ4v) is 3.48. The van der Waals surface area contributed by atoms with Gasteiger partial charge in [0.15, 0.2) is 0 Å². The molecule has 1 saturated heterocycles. The molecule has 5 amide bonds. The first-order chi connectivity index (χ1) is 17.0. The third-order valence-corrected chi connectivity index (χ3v) is 5.86. The molecule has 15 nitrogen and oxygen atoms in total. The summed E-state index contributed by atoms with van der Waals surface area (Å²) in [5.41, 5.74) is 5.39. The Balaban J connectivity index is 2.76. The first kappa shape index (κ1) is 30.7. The second-order valence-corrected chi connectivity index (χ2v) is 8.48. The van der Waals surface area contributed by atoms with Gasteiger partial charge < -0.3 is 47.2 Å². The van der Waals surface area contributed by atoms with Gasteiger partial charge in [-0.2, -0.15) is 0 Å². The average molecular weight is 517 g/mol. The third-order valence-electron chi connectivity index (χ3n) is 5.86. The zero-order valence-corrected chi connectivity index (χ0v) is 20.4. The van der Waals surface area contributed by atoms with E-state index in [2.05, 4.69) is 21.3 Å². The largest absolute Gasteiger partial charge is 0.480 e. The van der Waals surface area contributed by atoms with Crippen LogP contribution in [0.3, 0.4) is 0 Å². The topological polar surface area (TPSA) is 240 Å². The molecule has 204 valence electrons. The number of hydrogen-bond acceptors (Lipinski definition) is 9. The van der Waals surface area contributed by atoms with Crippen molar-refractivity contribution in [3.63, 3.8) is 0 Å². The lowest BCUT2D eigenvalue weighted by Gasteiger charge is -2.28. The van der Waals surface area contributed by atoms with Gasteiger partial charge in [0.1, 0.15) is 24.2 Å². The van der Waals surface area contributed by atoms with Crippen molar-refractivity contribution in [1.29, 1.82) is 0 Å². The molecular formula is C21H36N6O9. The number of carboxylic acid groups (broad SMARTS) is 1. The van der Waals surface area contributed by atoms with Crippen LogP contribution in [-0.2, 0) is 28.8 Å². The number of likely N-dealkylation sites (tertiary alicyclic amines) is 1. The normalized spacial score (nSPS) is 18.4. The number of carbonyl (C=O) groups excluding carboxylic acids is 5. The van der Waals surface area contributed by atoms with E-state index in [0.717, 1.165) is 0 Å². The van der Waals surface area contributed by atoms with Crippen LogP contribution < -0.4 is 27.0 Å². The molecule has 1 aliphatic rings. The van der Waals surface area contributed by atoms with Crippen LogP contribution in [0.1, 0.15) is 33.1 Å². The van der Waals surface area contributed by atoms with E-state index in [1.165, 1.54) is 4.90 Å². The number of carboxylic acids is 1. The maximum Gasteiger partial charge on any atom is 0.328 e. The highest BCUT2D eigenvalue weighted by molar-refractivity contribution is 5.95. The summed E-state index contributed by atoms with van der Waals surface area (Å²) in [5, 5.41) is 36.1. The number of nitrogens with zero attached hydrogens (tertiary/aromatic N) is 1. The van der Waals surface area contributed by atoms with Gasteiger partial charge in [-0.05, 0) is 18.8 Å². The molecule has 0 radical (unpaired) electrons. The van der Waals surface area contributed by atoms with Crippen LogP contribution in [0.15, 0.2) is 0 Å². The van der Waals surface area contributed by atoms with Crippen LogP contribution in [0.5, 0.6) is 0 Å². The summed E-state index contributed by atoms with van der Waals surface area (Å²) in [6.07, 6.45) is 1.38. The molecule has 1 fully saturated rings. The van der Waals surface area contributed by atoms with Crippen molar-refractivity contribution in [2.45, 2.75) is 57.3 Å². The Morgan fingerprint density at radius 3 is 2.19 bits per heavy atom. The van der Waals surface area contributed by atoms with Gasteiger partial charge in [-0.15, -0.1) is 0 Å². The summed E-state index contributed by atoms with van der Waals surface area (Å²) in [6.45, 7) is 1.39. The van der Waals surface area contributed by atoms with Gasteiger partial charge in [-0.1, -0.05) is 20.3 Å². The molecular weight excluding hydrogens is 480 g/mol. The molecule has 5 atom stereocenters. The minimum Gasteiger partial charge on any atom is -0.480 e. The van der Waals surface area contributed by atoms with Crippen molar-refractivity contribution in [3.05, 3.63) is 0 Å². The van der Waals surface area contributed by atoms with Crippen LogP contribution in [0.2, 0.25) is 0 Å². The molecule has 1 aliphatic heterocycles. The Morgan fingerprint density at radius 1 is 1.00 bits per heavy atom. The van der Waals surface area contributed by atoms with Gasteiger partial charge in [0, 0.05) is 6.54 Å². The fraction of sp³-hybridized carbons (Fsp3) is 0.714. The highest BCUT2D eigenvalue weighted by atomic mass is 16.4. The smallest absolute Gasteiger partial charge is 0.328 e. The third kappa shape index (κ3) is 9.05. The SMILES string of the molecule is CC[C@H](C)[C@H](NC(=O)[C@@H]1CCCN1C(=O)CNC(=O)[C@@H](N)CO)C(=O)NCC(=O)N[C@@H](CO)C(=O)O. The molecule has 0 aromatic rings. The quantitative estimate of drug-likeness (QED) is 0.110. The number of aliphatic hydroxyl groups excluding tert-OH is 2. The minimum atomic E-state index is -1.52. The Morgan fingerprint density at radius 2 is 1.64 bits per heavy atom. The monoisotopic (exact) mass is 516 g/mol. The summed E-state index contributed by atoms with van der Waals surface area (Å²) in [4.78, 5) is 74.1. The molecule has 9 N–H and O–H groups in total. The van der Waals surface area contributed by atoms with E-state index >= 15 is 0 Å². The molecule has 1 heterocycles. The summed E-state index contributed by atoms with van der Waals surface area (Å²) in [5.74, 6) is -5.10. The number of hydrogen-bond donors (Lipinski definition) is 8. The van der Waals surface area contributed by atoms with Crippen LogP contribution in [0.25, 0.3) is 0 Å². The van der Waals surface area contributed by atoms with Crippen molar-refractivity contribution in [1.82, 2.24) is 26.2 Å². The maximum atomic E-state index is 13.0. The molecule has 0 saturated carbocycles. The van der Waals surface area contributed by atoms with Crippen molar-refractivity contribution < 1.29 is 44.1 Å². The number of aliphatic hydroxyl groups is 2. The predicted octanol–water partition coefficient (Wildman–Crippen LogP) is -4.38. The van der Waals surface area contributed by atoms with E-state index in [9.17, 15) is 28.8 Å². The van der Waals surface area contributed by atoms with Crippen molar-refractivity contribution in [3.8, 4) is 0 Å². The van der Waals surface area contributed by atoms with Crippen molar-refractivity contribution in [2.24, 2.45) is 11.7 Å². The first-order valence-electron chi connectivity index (χ1n) is 11.6. The van der Waals surface area contributed by atoms with Crippen LogP contribution in [0.4, 0.5) is 0 Å². The number of aliphatic carboxylic acids is 1. The van der Waals surface area contributed by atoms with E-state index in [4.69, 9.17) is 21.1 Å². The van der Waals surface area contributed by atoms with E-state index < -0.39 is 86.0 Å². The van der Waals surface area contributed by atoms with Crippen molar-refractivity contribution in [2.75, 3.05) is 32.8 Å². The summed E-state index contributed by atoms with van der Waals surface area (Å²) >= 11 is 0. The molecule has 0 bridgehead atoms. The molecule has 1 rings (SSSR count). The number of nitrogens with one attached hydrogen (secondary N) is 4. The lowest BCUT2D eigenvalue weighted by atomic mass is 9.97. The van der Waals surface area contributed by atoms with Gasteiger partial charge in [0.25, 0.3) is 0 Å².